The van der Waals surface area contributed by atoms with E-state index < -0.39 is 30.0 Å². The van der Waals surface area contributed by atoms with Gasteiger partial charge in [0.25, 0.3) is 5.91 Å². The van der Waals surface area contributed by atoms with Crippen molar-refractivity contribution < 1.29 is 22.8 Å². The maximum absolute atomic E-state index is 12.9. The van der Waals surface area contributed by atoms with Gasteiger partial charge in [-0.1, -0.05) is 18.2 Å². The number of halogens is 3. The monoisotopic (exact) mass is 340 g/mol. The molecule has 1 aromatic heterocycles. The van der Waals surface area contributed by atoms with E-state index in [2.05, 4.69) is 5.10 Å². The Hall–Kier alpha value is -2.48. The molecule has 8 heteroatoms. The molecular formula is C15H11F3N2O2S. The van der Waals surface area contributed by atoms with Crippen LogP contribution in [-0.2, 0) is 0 Å². The highest BCUT2D eigenvalue weighted by Crippen LogP contribution is 2.21. The Bertz CT molecular complexity index is 710. The molecule has 0 aliphatic rings. The molecule has 0 spiro atoms. The van der Waals surface area contributed by atoms with Gasteiger partial charge >= 0.3 is 6.18 Å². The minimum Gasteiger partial charge on any atom is -0.294 e. The van der Waals surface area contributed by atoms with Gasteiger partial charge in [-0.25, -0.2) is 5.43 Å². The summed E-state index contributed by atoms with van der Waals surface area (Å²) in [5, 5.41) is 6.15. The van der Waals surface area contributed by atoms with Crippen LogP contribution in [-0.4, -0.2) is 23.6 Å². The van der Waals surface area contributed by atoms with Crippen LogP contribution in [0.15, 0.2) is 52.3 Å². The number of thiophene rings is 1. The standard InChI is InChI=1S/C15H11F3N2O2S/c16-15(17,18)13(8-12(21)11-6-7-23-9-11)19-20-14(22)10-4-2-1-3-5-10/h1-7,9H,8H2,(H,20,22)/b19-13-. The van der Waals surface area contributed by atoms with E-state index in [1.54, 1.807) is 23.6 Å². The number of benzene rings is 1. The van der Waals surface area contributed by atoms with Crippen molar-refractivity contribution in [2.24, 2.45) is 5.10 Å². The largest absolute Gasteiger partial charge is 0.431 e. The zero-order chi connectivity index (χ0) is 16.9. The second kappa shape index (κ2) is 7.19. The highest BCUT2D eigenvalue weighted by Gasteiger charge is 2.37. The molecule has 1 N–H and O–H groups in total. The first-order chi connectivity index (χ1) is 10.9. The van der Waals surface area contributed by atoms with Gasteiger partial charge in [-0.05, 0) is 23.6 Å². The van der Waals surface area contributed by atoms with Crippen LogP contribution in [0.25, 0.3) is 0 Å². The summed E-state index contributed by atoms with van der Waals surface area (Å²) in [5.41, 5.74) is 0.837. The van der Waals surface area contributed by atoms with Gasteiger partial charge in [-0.15, -0.1) is 0 Å². The number of carbonyl (C=O) groups is 2. The molecule has 1 amide bonds. The molecule has 0 aliphatic heterocycles. The molecule has 0 saturated carbocycles. The van der Waals surface area contributed by atoms with Crippen LogP contribution in [0, 0.1) is 0 Å². The lowest BCUT2D eigenvalue weighted by Crippen LogP contribution is -2.30. The van der Waals surface area contributed by atoms with E-state index in [0.717, 1.165) is 0 Å². The molecular weight excluding hydrogens is 329 g/mol. The van der Waals surface area contributed by atoms with Gasteiger partial charge in [-0.3, -0.25) is 9.59 Å². The molecule has 2 rings (SSSR count). The molecule has 4 nitrogen and oxygen atoms in total. The van der Waals surface area contributed by atoms with Crippen molar-refractivity contribution in [1.29, 1.82) is 0 Å². The third kappa shape index (κ3) is 4.75. The van der Waals surface area contributed by atoms with Gasteiger partial charge in [-0.2, -0.15) is 29.6 Å². The number of hydrazone groups is 1. The fourth-order valence-electron chi connectivity index (χ4n) is 1.65. The Kier molecular flexibility index (Phi) is 5.28. The van der Waals surface area contributed by atoms with Gasteiger partial charge in [0.15, 0.2) is 5.78 Å². The molecule has 0 aliphatic carbocycles. The number of rotatable bonds is 5. The molecule has 1 heterocycles. The van der Waals surface area contributed by atoms with Crippen LogP contribution in [0.1, 0.15) is 27.1 Å². The lowest BCUT2D eigenvalue weighted by Gasteiger charge is -2.10. The number of hydrogen-bond donors (Lipinski definition) is 1. The third-order valence-electron chi connectivity index (χ3n) is 2.83. The number of hydrogen-bond acceptors (Lipinski definition) is 4. The van der Waals surface area contributed by atoms with Crippen LogP contribution >= 0.6 is 11.3 Å². The van der Waals surface area contributed by atoms with Gasteiger partial charge in [0.05, 0.1) is 6.42 Å². The van der Waals surface area contributed by atoms with E-state index >= 15 is 0 Å². The van der Waals surface area contributed by atoms with Crippen molar-refractivity contribution in [3.05, 3.63) is 58.3 Å². The van der Waals surface area contributed by atoms with Gasteiger partial charge < -0.3 is 0 Å². The fraction of sp³-hybridized carbons (Fsp3) is 0.133. The van der Waals surface area contributed by atoms with E-state index in [4.69, 9.17) is 0 Å². The molecule has 0 saturated heterocycles. The smallest absolute Gasteiger partial charge is 0.294 e. The predicted octanol–water partition coefficient (Wildman–Crippen LogP) is 3.67. The topological polar surface area (TPSA) is 58.5 Å². The summed E-state index contributed by atoms with van der Waals surface area (Å²) in [6.45, 7) is 0. The van der Waals surface area contributed by atoms with Crippen LogP contribution in [0.2, 0.25) is 0 Å². The lowest BCUT2D eigenvalue weighted by molar-refractivity contribution is -0.0605. The zero-order valence-electron chi connectivity index (χ0n) is 11.6. The normalized spacial score (nSPS) is 12.0. The Morgan fingerprint density at radius 2 is 1.78 bits per heavy atom. The Morgan fingerprint density at radius 1 is 1.09 bits per heavy atom. The molecule has 1 aromatic carbocycles. The molecule has 23 heavy (non-hydrogen) atoms. The molecule has 0 bridgehead atoms. The maximum Gasteiger partial charge on any atom is 0.431 e. The maximum atomic E-state index is 12.9. The zero-order valence-corrected chi connectivity index (χ0v) is 12.4. The van der Waals surface area contributed by atoms with E-state index in [1.807, 2.05) is 5.43 Å². The van der Waals surface area contributed by atoms with Crippen molar-refractivity contribution in [3.63, 3.8) is 0 Å². The van der Waals surface area contributed by atoms with Crippen LogP contribution in [0.5, 0.6) is 0 Å². The van der Waals surface area contributed by atoms with E-state index in [1.165, 1.54) is 34.9 Å². The van der Waals surface area contributed by atoms with Gasteiger partial charge in [0.2, 0.25) is 0 Å². The summed E-state index contributed by atoms with van der Waals surface area (Å²) in [4.78, 5) is 23.5. The quantitative estimate of drug-likeness (QED) is 0.513. The number of nitrogens with one attached hydrogen (secondary N) is 1. The average molecular weight is 340 g/mol. The summed E-state index contributed by atoms with van der Waals surface area (Å²) < 4.78 is 38.8. The number of amides is 1. The summed E-state index contributed by atoms with van der Waals surface area (Å²) in [7, 11) is 0. The minimum atomic E-state index is -4.81. The summed E-state index contributed by atoms with van der Waals surface area (Å²) in [6, 6.07) is 9.13. The fourth-order valence-corrected chi connectivity index (χ4v) is 2.31. The molecule has 0 radical (unpaired) electrons. The Balaban J connectivity index is 2.12. The third-order valence-corrected chi connectivity index (χ3v) is 3.51. The number of ketones is 1. The summed E-state index contributed by atoms with van der Waals surface area (Å²) >= 11 is 1.21. The molecule has 0 atom stereocenters. The van der Waals surface area contributed by atoms with Gasteiger partial charge in [0.1, 0.15) is 5.71 Å². The number of alkyl halides is 3. The second-order valence-electron chi connectivity index (χ2n) is 4.48. The molecule has 0 fully saturated rings. The second-order valence-corrected chi connectivity index (χ2v) is 5.26. The van der Waals surface area contributed by atoms with E-state index in [0.29, 0.717) is 0 Å². The SMILES string of the molecule is O=C(C/C(=N/NC(=O)c1ccccc1)C(F)(F)F)c1ccsc1. The average Bonchev–Trinajstić information content (AvgIpc) is 3.05. The van der Waals surface area contributed by atoms with Crippen molar-refractivity contribution in [3.8, 4) is 0 Å². The Morgan fingerprint density at radius 3 is 2.35 bits per heavy atom. The predicted molar refractivity (Wildman–Crippen MR) is 80.7 cm³/mol. The minimum absolute atomic E-state index is 0.168. The summed E-state index contributed by atoms with van der Waals surface area (Å²) in [5.74, 6) is -1.49. The van der Waals surface area contributed by atoms with Gasteiger partial charge in [0, 0.05) is 16.5 Å². The number of nitrogens with zero attached hydrogens (tertiary/aromatic N) is 1. The van der Waals surface area contributed by atoms with E-state index in [9.17, 15) is 22.8 Å². The highest BCUT2D eigenvalue weighted by molar-refractivity contribution is 7.08. The summed E-state index contributed by atoms with van der Waals surface area (Å²) in [6.07, 6.45) is -5.75. The van der Waals surface area contributed by atoms with Crippen molar-refractivity contribution >= 4 is 28.7 Å². The van der Waals surface area contributed by atoms with Crippen molar-refractivity contribution in [2.45, 2.75) is 12.6 Å². The highest BCUT2D eigenvalue weighted by atomic mass is 32.1. The Labute approximate surface area is 133 Å². The first-order valence-corrected chi connectivity index (χ1v) is 7.37. The van der Waals surface area contributed by atoms with Crippen LogP contribution in [0.3, 0.4) is 0 Å². The van der Waals surface area contributed by atoms with Crippen LogP contribution in [0.4, 0.5) is 13.2 Å². The van der Waals surface area contributed by atoms with Crippen LogP contribution < -0.4 is 5.43 Å². The number of carbonyl (C=O) groups excluding carboxylic acids is 2. The van der Waals surface area contributed by atoms with E-state index in [-0.39, 0.29) is 11.1 Å². The first kappa shape index (κ1) is 16.9. The lowest BCUT2D eigenvalue weighted by atomic mass is 10.1. The number of Topliss-reactive ketones (excluding diaryl/α,β-unsaturated/α-hetero) is 1. The van der Waals surface area contributed by atoms with Crippen molar-refractivity contribution in [2.75, 3.05) is 0 Å². The first-order valence-electron chi connectivity index (χ1n) is 6.42. The molecule has 2 aromatic rings. The van der Waals surface area contributed by atoms with Crippen molar-refractivity contribution in [1.82, 2.24) is 5.43 Å². The molecule has 0 unspecified atom stereocenters. The molecule has 120 valence electrons.